The lowest BCUT2D eigenvalue weighted by molar-refractivity contribution is -0.144. The van der Waals surface area contributed by atoms with Crippen molar-refractivity contribution in [1.29, 1.82) is 0 Å². The molecule has 0 aliphatic rings. The zero-order chi connectivity index (χ0) is 21.1. The first-order valence-corrected chi connectivity index (χ1v) is 10.8. The Labute approximate surface area is 169 Å². The smallest absolute Gasteiger partial charge is 0.256 e. The Bertz CT molecular complexity index is 484. The van der Waals surface area contributed by atoms with Crippen LogP contribution in [0.4, 0.5) is 0 Å². The average Bonchev–Trinajstić information content (AvgIpc) is 2.60. The summed E-state index contributed by atoms with van der Waals surface area (Å²) in [5.41, 5.74) is 5.51. The van der Waals surface area contributed by atoms with Gasteiger partial charge in [0, 0.05) is 32.8 Å². The van der Waals surface area contributed by atoms with Crippen molar-refractivity contribution < 1.29 is 14.4 Å². The Hall–Kier alpha value is -1.28. The van der Waals surface area contributed by atoms with Gasteiger partial charge in [0.05, 0.1) is 0 Å². The van der Waals surface area contributed by atoms with Crippen LogP contribution in [0.15, 0.2) is 0 Å². The van der Waals surface area contributed by atoms with Crippen LogP contribution in [-0.4, -0.2) is 83.3 Å². The molecule has 0 saturated carbocycles. The summed E-state index contributed by atoms with van der Waals surface area (Å²) in [6, 6.07) is -0.696. The molecule has 0 aromatic rings. The van der Waals surface area contributed by atoms with E-state index in [9.17, 15) is 14.4 Å². The molecule has 27 heavy (non-hydrogen) atoms. The van der Waals surface area contributed by atoms with Gasteiger partial charge in [0.15, 0.2) is 5.37 Å². The normalized spacial score (nSPS) is 13.5. The highest BCUT2D eigenvalue weighted by Crippen LogP contribution is 2.21. The molecule has 0 rings (SSSR count). The predicted octanol–water partition coefficient (Wildman–Crippen LogP) is 1.61. The Kier molecular flexibility index (Phi) is 12.4. The molecule has 0 aliphatic carbocycles. The van der Waals surface area contributed by atoms with Crippen molar-refractivity contribution in [3.63, 3.8) is 0 Å². The van der Waals surface area contributed by atoms with Crippen LogP contribution in [0, 0.1) is 5.92 Å². The molecule has 0 bridgehead atoms. The second-order valence-corrected chi connectivity index (χ2v) is 8.23. The molecule has 2 atom stereocenters. The fourth-order valence-electron chi connectivity index (χ4n) is 2.98. The summed E-state index contributed by atoms with van der Waals surface area (Å²) in [4.78, 5) is 42.6. The second kappa shape index (κ2) is 13.0. The predicted molar refractivity (Wildman–Crippen MR) is 112 cm³/mol. The number of rotatable bonds is 13. The van der Waals surface area contributed by atoms with E-state index in [-0.39, 0.29) is 17.7 Å². The minimum atomic E-state index is -0.696. The summed E-state index contributed by atoms with van der Waals surface area (Å²) in [5, 5.41) is -0.662. The third-order valence-electron chi connectivity index (χ3n) is 4.69. The van der Waals surface area contributed by atoms with Crippen molar-refractivity contribution in [3.05, 3.63) is 0 Å². The van der Waals surface area contributed by atoms with Crippen LogP contribution in [-0.2, 0) is 14.4 Å². The lowest BCUT2D eigenvalue weighted by atomic mass is 10.0. The third-order valence-corrected chi connectivity index (χ3v) is 5.94. The first-order valence-electron chi connectivity index (χ1n) is 9.77. The molecule has 0 saturated heterocycles. The molecule has 0 radical (unpaired) electrons. The van der Waals surface area contributed by atoms with Gasteiger partial charge in [-0.15, -0.1) is 11.8 Å². The maximum atomic E-state index is 13.1. The number of thioether (sulfide) groups is 1. The van der Waals surface area contributed by atoms with Gasteiger partial charge in [0.1, 0.15) is 6.04 Å². The van der Waals surface area contributed by atoms with E-state index in [1.54, 1.807) is 14.1 Å². The number of amides is 3. The van der Waals surface area contributed by atoms with E-state index in [1.165, 1.54) is 21.6 Å². The zero-order valence-corrected chi connectivity index (χ0v) is 18.8. The van der Waals surface area contributed by atoms with Crippen LogP contribution >= 0.6 is 11.8 Å². The molecule has 0 unspecified atom stereocenters. The standard InChI is InChI=1S/C19H38N4O3S/c1-8-11-15(24)21(6)19(27-13-12-23(9-2)10-3)18(26)22(7)16(14(4)5)17(20)25/h14,16,19H,8-13H2,1-7H3,(H2,20,25)/t16-,19+/m0/s1. The average molecular weight is 403 g/mol. The number of primary amides is 1. The van der Waals surface area contributed by atoms with Gasteiger partial charge in [-0.05, 0) is 25.4 Å². The van der Waals surface area contributed by atoms with E-state index in [2.05, 4.69) is 18.7 Å². The molecule has 0 fully saturated rings. The topological polar surface area (TPSA) is 87.0 Å². The maximum Gasteiger partial charge on any atom is 0.256 e. The van der Waals surface area contributed by atoms with Crippen LogP contribution in [0.5, 0.6) is 0 Å². The Morgan fingerprint density at radius 1 is 1.00 bits per heavy atom. The van der Waals surface area contributed by atoms with Crippen LogP contribution < -0.4 is 5.73 Å². The van der Waals surface area contributed by atoms with Crippen LogP contribution in [0.25, 0.3) is 0 Å². The van der Waals surface area contributed by atoms with E-state index in [4.69, 9.17) is 5.73 Å². The van der Waals surface area contributed by atoms with E-state index >= 15 is 0 Å². The van der Waals surface area contributed by atoms with Crippen LogP contribution in [0.1, 0.15) is 47.5 Å². The highest BCUT2D eigenvalue weighted by atomic mass is 32.2. The first-order chi connectivity index (χ1) is 12.6. The van der Waals surface area contributed by atoms with Crippen LogP contribution in [0.2, 0.25) is 0 Å². The molecular weight excluding hydrogens is 364 g/mol. The van der Waals surface area contributed by atoms with Crippen molar-refractivity contribution in [2.45, 2.75) is 58.9 Å². The van der Waals surface area contributed by atoms with Crippen molar-refractivity contribution in [2.24, 2.45) is 11.7 Å². The Morgan fingerprint density at radius 3 is 1.96 bits per heavy atom. The minimum absolute atomic E-state index is 0.0697. The first kappa shape index (κ1) is 25.7. The SMILES string of the molecule is CCCC(=O)N(C)[C@H](SCCN(CC)CC)C(=O)N(C)[C@H](C(N)=O)C(C)C. The minimum Gasteiger partial charge on any atom is -0.368 e. The van der Waals surface area contributed by atoms with Crippen molar-refractivity contribution in [2.75, 3.05) is 39.5 Å². The molecule has 0 aromatic heterocycles. The molecule has 0 heterocycles. The maximum absolute atomic E-state index is 13.1. The number of likely N-dealkylation sites (N-methyl/N-ethyl adjacent to an activating group) is 2. The van der Waals surface area contributed by atoms with Crippen molar-refractivity contribution >= 4 is 29.5 Å². The van der Waals surface area contributed by atoms with E-state index in [0.717, 1.165) is 31.8 Å². The lowest BCUT2D eigenvalue weighted by Gasteiger charge is -2.35. The Morgan fingerprint density at radius 2 is 1.56 bits per heavy atom. The molecular formula is C19H38N4O3S. The third kappa shape index (κ3) is 8.09. The summed E-state index contributed by atoms with van der Waals surface area (Å²) in [7, 11) is 3.25. The summed E-state index contributed by atoms with van der Waals surface area (Å²) in [6.45, 7) is 12.6. The summed E-state index contributed by atoms with van der Waals surface area (Å²) in [5.74, 6) is -0.244. The van der Waals surface area contributed by atoms with E-state index in [0.29, 0.717) is 6.42 Å². The molecule has 7 nitrogen and oxygen atoms in total. The van der Waals surface area contributed by atoms with E-state index in [1.807, 2.05) is 20.8 Å². The fourth-order valence-corrected chi connectivity index (χ4v) is 4.22. The number of hydrogen-bond donors (Lipinski definition) is 1. The number of hydrogen-bond acceptors (Lipinski definition) is 5. The van der Waals surface area contributed by atoms with Gasteiger partial charge in [-0.3, -0.25) is 14.4 Å². The molecule has 158 valence electrons. The van der Waals surface area contributed by atoms with Gasteiger partial charge >= 0.3 is 0 Å². The highest BCUT2D eigenvalue weighted by molar-refractivity contribution is 8.00. The van der Waals surface area contributed by atoms with Crippen molar-refractivity contribution in [1.82, 2.24) is 14.7 Å². The summed E-state index contributed by atoms with van der Waals surface area (Å²) in [6.07, 6.45) is 1.12. The molecule has 0 spiro atoms. The van der Waals surface area contributed by atoms with Gasteiger partial charge in [-0.2, -0.15) is 0 Å². The van der Waals surface area contributed by atoms with E-state index < -0.39 is 17.3 Å². The Balaban J connectivity index is 5.38. The van der Waals surface area contributed by atoms with Gasteiger partial charge in [-0.25, -0.2) is 0 Å². The quantitative estimate of drug-likeness (QED) is 0.473. The second-order valence-electron chi connectivity index (χ2n) is 7.05. The molecule has 3 amide bonds. The number of nitrogens with zero attached hydrogens (tertiary/aromatic N) is 3. The number of carbonyl (C=O) groups is 3. The van der Waals surface area contributed by atoms with Gasteiger partial charge in [0.25, 0.3) is 5.91 Å². The largest absolute Gasteiger partial charge is 0.368 e. The highest BCUT2D eigenvalue weighted by Gasteiger charge is 2.35. The van der Waals surface area contributed by atoms with Gasteiger partial charge in [-0.1, -0.05) is 34.6 Å². The summed E-state index contributed by atoms with van der Waals surface area (Å²) >= 11 is 1.44. The van der Waals surface area contributed by atoms with Crippen LogP contribution in [0.3, 0.4) is 0 Å². The fraction of sp³-hybridized carbons (Fsp3) is 0.842. The number of nitrogens with two attached hydrogens (primary N) is 1. The molecule has 0 aromatic carbocycles. The molecule has 0 aliphatic heterocycles. The summed E-state index contributed by atoms with van der Waals surface area (Å²) < 4.78 is 0. The number of carbonyl (C=O) groups excluding carboxylic acids is 3. The van der Waals surface area contributed by atoms with Gasteiger partial charge in [0.2, 0.25) is 11.8 Å². The monoisotopic (exact) mass is 402 g/mol. The molecule has 8 heteroatoms. The lowest BCUT2D eigenvalue weighted by Crippen LogP contribution is -2.54. The zero-order valence-electron chi connectivity index (χ0n) is 18.0. The van der Waals surface area contributed by atoms with Crippen molar-refractivity contribution in [3.8, 4) is 0 Å². The molecule has 2 N–H and O–H groups in total. The van der Waals surface area contributed by atoms with Gasteiger partial charge < -0.3 is 20.4 Å².